The van der Waals surface area contributed by atoms with Crippen molar-refractivity contribution in [3.8, 4) is 0 Å². The molecular formula is C21H19N5O2S. The molecule has 2 amide bonds. The summed E-state index contributed by atoms with van der Waals surface area (Å²) in [6.45, 7) is 3.48. The molecule has 8 heteroatoms. The number of hydrogen-bond acceptors (Lipinski definition) is 5. The molecule has 7 nitrogen and oxygen atoms in total. The third-order valence-electron chi connectivity index (χ3n) is 4.53. The molecule has 2 N–H and O–H groups in total. The molecule has 2 aromatic heterocycles. The summed E-state index contributed by atoms with van der Waals surface area (Å²) in [5.74, 6) is -0.408. The van der Waals surface area contributed by atoms with Gasteiger partial charge in [0.05, 0.1) is 28.8 Å². The van der Waals surface area contributed by atoms with E-state index in [1.165, 1.54) is 18.3 Å². The van der Waals surface area contributed by atoms with Gasteiger partial charge in [-0.2, -0.15) is 0 Å². The molecule has 0 aliphatic carbocycles. The molecule has 0 radical (unpaired) electrons. The molecule has 0 saturated carbocycles. The Kier molecular flexibility index (Phi) is 5.09. The molecule has 29 heavy (non-hydrogen) atoms. The first kappa shape index (κ1) is 18.8. The first-order valence-electron chi connectivity index (χ1n) is 9.07. The lowest BCUT2D eigenvalue weighted by atomic mass is 10.1. The van der Waals surface area contributed by atoms with Crippen molar-refractivity contribution in [3.63, 3.8) is 0 Å². The van der Waals surface area contributed by atoms with Crippen molar-refractivity contribution in [2.75, 3.05) is 10.6 Å². The van der Waals surface area contributed by atoms with E-state index in [-0.39, 0.29) is 17.9 Å². The van der Waals surface area contributed by atoms with E-state index >= 15 is 0 Å². The number of nitrogens with one attached hydrogen (secondary N) is 2. The van der Waals surface area contributed by atoms with E-state index in [1.807, 2.05) is 54.0 Å². The zero-order valence-corrected chi connectivity index (χ0v) is 16.7. The van der Waals surface area contributed by atoms with Gasteiger partial charge < -0.3 is 9.88 Å². The normalized spacial score (nSPS) is 11.9. The van der Waals surface area contributed by atoms with Crippen LogP contribution in [0.15, 0.2) is 61.1 Å². The monoisotopic (exact) mass is 405 g/mol. The van der Waals surface area contributed by atoms with Crippen LogP contribution in [0.4, 0.5) is 10.8 Å². The van der Waals surface area contributed by atoms with Gasteiger partial charge in [-0.25, -0.2) is 9.97 Å². The van der Waals surface area contributed by atoms with Crippen LogP contribution in [0.25, 0.3) is 10.2 Å². The quantitative estimate of drug-likeness (QED) is 0.518. The van der Waals surface area contributed by atoms with Crippen LogP contribution in [0.2, 0.25) is 0 Å². The summed E-state index contributed by atoms with van der Waals surface area (Å²) in [5.41, 5.74) is 3.00. The number of benzene rings is 2. The van der Waals surface area contributed by atoms with E-state index < -0.39 is 0 Å². The highest BCUT2D eigenvalue weighted by Gasteiger charge is 2.18. The minimum Gasteiger partial charge on any atom is -0.326 e. The minimum absolute atomic E-state index is 0.0324. The molecule has 0 saturated heterocycles. The van der Waals surface area contributed by atoms with Gasteiger partial charge in [-0.3, -0.25) is 14.9 Å². The van der Waals surface area contributed by atoms with Gasteiger partial charge in [0, 0.05) is 12.6 Å². The molecule has 1 unspecified atom stereocenters. The summed E-state index contributed by atoms with van der Waals surface area (Å²) in [4.78, 5) is 32.7. The van der Waals surface area contributed by atoms with E-state index in [4.69, 9.17) is 0 Å². The van der Waals surface area contributed by atoms with Crippen LogP contribution in [0.3, 0.4) is 0 Å². The van der Waals surface area contributed by atoms with Crippen molar-refractivity contribution in [2.45, 2.75) is 19.9 Å². The third-order valence-corrected chi connectivity index (χ3v) is 5.46. The van der Waals surface area contributed by atoms with Gasteiger partial charge in [0.2, 0.25) is 5.91 Å². The number of carbonyl (C=O) groups excluding carboxylic acids is 2. The Morgan fingerprint density at radius 3 is 2.66 bits per heavy atom. The number of thiazole rings is 1. The van der Waals surface area contributed by atoms with Gasteiger partial charge in [-0.15, -0.1) is 0 Å². The molecule has 1 atom stereocenters. The molecule has 0 bridgehead atoms. The number of fused-ring (bicyclic) bond motifs is 1. The molecule has 2 aromatic carbocycles. The van der Waals surface area contributed by atoms with Crippen LogP contribution in [0.5, 0.6) is 0 Å². The Morgan fingerprint density at radius 1 is 1.10 bits per heavy atom. The van der Waals surface area contributed by atoms with Crippen LogP contribution < -0.4 is 10.6 Å². The highest BCUT2D eigenvalue weighted by atomic mass is 32.1. The van der Waals surface area contributed by atoms with Gasteiger partial charge in [0.1, 0.15) is 5.69 Å². The maximum atomic E-state index is 12.9. The SMILES string of the molecule is CC(=O)Nc1ccc2nc(NC(=O)c3cncn3C(C)c3ccccc3)sc2c1. The Balaban J connectivity index is 1.56. The standard InChI is InChI=1S/C21H19N5O2S/c1-13(15-6-4-3-5-7-15)26-12-22-11-18(26)20(28)25-21-24-17-9-8-16(23-14(2)27)10-19(17)29-21/h3-13H,1-2H3,(H,23,27)(H,24,25,28). The number of carbonyl (C=O) groups is 2. The Bertz CT molecular complexity index is 1180. The fraction of sp³-hybridized carbons (Fsp3) is 0.143. The van der Waals surface area contributed by atoms with E-state index in [1.54, 1.807) is 18.6 Å². The number of rotatable bonds is 5. The highest BCUT2D eigenvalue weighted by Crippen LogP contribution is 2.29. The number of nitrogens with zero attached hydrogens (tertiary/aromatic N) is 3. The van der Waals surface area contributed by atoms with E-state index in [0.29, 0.717) is 16.5 Å². The van der Waals surface area contributed by atoms with Crippen molar-refractivity contribution in [1.29, 1.82) is 0 Å². The van der Waals surface area contributed by atoms with Crippen molar-refractivity contribution < 1.29 is 9.59 Å². The molecule has 2 heterocycles. The number of aromatic nitrogens is 3. The first-order valence-corrected chi connectivity index (χ1v) is 9.89. The minimum atomic E-state index is -0.272. The zero-order valence-electron chi connectivity index (χ0n) is 15.9. The summed E-state index contributed by atoms with van der Waals surface area (Å²) in [7, 11) is 0. The van der Waals surface area contributed by atoms with E-state index in [9.17, 15) is 9.59 Å². The number of anilines is 2. The smallest absolute Gasteiger partial charge is 0.275 e. The number of amides is 2. The predicted molar refractivity (Wildman–Crippen MR) is 114 cm³/mol. The average molecular weight is 405 g/mol. The molecule has 4 aromatic rings. The summed E-state index contributed by atoms with van der Waals surface area (Å²) in [5, 5.41) is 6.10. The Morgan fingerprint density at radius 2 is 1.90 bits per heavy atom. The highest BCUT2D eigenvalue weighted by molar-refractivity contribution is 7.22. The van der Waals surface area contributed by atoms with Gasteiger partial charge in [0.25, 0.3) is 5.91 Å². The van der Waals surface area contributed by atoms with E-state index in [0.717, 1.165) is 15.8 Å². The van der Waals surface area contributed by atoms with Crippen LogP contribution >= 0.6 is 11.3 Å². The first-order chi connectivity index (χ1) is 14.0. The summed E-state index contributed by atoms with van der Waals surface area (Å²) < 4.78 is 2.71. The number of hydrogen-bond donors (Lipinski definition) is 2. The lowest BCUT2D eigenvalue weighted by Crippen LogP contribution is -2.19. The second-order valence-corrected chi connectivity index (χ2v) is 7.64. The topological polar surface area (TPSA) is 88.9 Å². The summed E-state index contributed by atoms with van der Waals surface area (Å²) in [6, 6.07) is 15.3. The van der Waals surface area contributed by atoms with Gasteiger partial charge in [-0.1, -0.05) is 41.7 Å². The van der Waals surface area contributed by atoms with Crippen molar-refractivity contribution in [3.05, 3.63) is 72.3 Å². The zero-order chi connectivity index (χ0) is 20.4. The van der Waals surface area contributed by atoms with Crippen LogP contribution in [-0.2, 0) is 4.79 Å². The Labute approximate surface area is 171 Å². The lowest BCUT2D eigenvalue weighted by Gasteiger charge is -2.16. The molecule has 0 aliphatic heterocycles. The van der Waals surface area contributed by atoms with Gasteiger partial charge in [-0.05, 0) is 30.7 Å². The Hall–Kier alpha value is -3.52. The maximum absolute atomic E-state index is 12.9. The second kappa shape index (κ2) is 7.84. The molecular weight excluding hydrogens is 386 g/mol. The fourth-order valence-corrected chi connectivity index (χ4v) is 4.00. The van der Waals surface area contributed by atoms with Crippen molar-refractivity contribution in [2.24, 2.45) is 0 Å². The third kappa shape index (κ3) is 4.02. The van der Waals surface area contributed by atoms with Gasteiger partial charge in [0.15, 0.2) is 5.13 Å². The van der Waals surface area contributed by atoms with E-state index in [2.05, 4.69) is 20.6 Å². The maximum Gasteiger partial charge on any atom is 0.275 e. The molecule has 4 rings (SSSR count). The summed E-state index contributed by atoms with van der Waals surface area (Å²) >= 11 is 1.35. The molecule has 0 spiro atoms. The van der Waals surface area contributed by atoms with Gasteiger partial charge >= 0.3 is 0 Å². The van der Waals surface area contributed by atoms with Crippen molar-refractivity contribution in [1.82, 2.24) is 14.5 Å². The van der Waals surface area contributed by atoms with Crippen LogP contribution in [0, 0.1) is 0 Å². The van der Waals surface area contributed by atoms with Crippen LogP contribution in [0.1, 0.15) is 35.9 Å². The number of imidazole rings is 1. The summed E-state index contributed by atoms with van der Waals surface area (Å²) in [6.07, 6.45) is 3.21. The molecule has 146 valence electrons. The fourth-order valence-electron chi connectivity index (χ4n) is 3.10. The second-order valence-electron chi connectivity index (χ2n) is 6.61. The lowest BCUT2D eigenvalue weighted by molar-refractivity contribution is -0.114. The van der Waals surface area contributed by atoms with Crippen LogP contribution in [-0.4, -0.2) is 26.3 Å². The molecule has 0 fully saturated rings. The largest absolute Gasteiger partial charge is 0.326 e. The average Bonchev–Trinajstić information content (AvgIpc) is 3.34. The predicted octanol–water partition coefficient (Wildman–Crippen LogP) is 4.31. The van der Waals surface area contributed by atoms with Crippen molar-refractivity contribution >= 4 is 44.2 Å². The molecule has 0 aliphatic rings.